The molecule has 3 heterocycles. The highest BCUT2D eigenvalue weighted by Crippen LogP contribution is 2.34. The molecule has 0 N–H and O–H groups in total. The third-order valence-corrected chi connectivity index (χ3v) is 5.50. The Morgan fingerprint density at radius 3 is 3.05 bits per heavy atom. The summed E-state index contributed by atoms with van der Waals surface area (Å²) in [5, 5.41) is 13.9. The van der Waals surface area contributed by atoms with Crippen LogP contribution in [0.3, 0.4) is 0 Å². The van der Waals surface area contributed by atoms with Crippen molar-refractivity contribution in [3.05, 3.63) is 33.2 Å². The summed E-state index contributed by atoms with van der Waals surface area (Å²) in [6.45, 7) is 0. The first-order valence-electron chi connectivity index (χ1n) is 5.74. The van der Waals surface area contributed by atoms with Gasteiger partial charge in [0.1, 0.15) is 4.83 Å². The van der Waals surface area contributed by atoms with E-state index in [0.717, 1.165) is 15.3 Å². The summed E-state index contributed by atoms with van der Waals surface area (Å²) in [6.07, 6.45) is 0. The van der Waals surface area contributed by atoms with Crippen molar-refractivity contribution < 1.29 is 0 Å². The van der Waals surface area contributed by atoms with E-state index in [0.29, 0.717) is 10.5 Å². The van der Waals surface area contributed by atoms with E-state index in [2.05, 4.69) is 11.1 Å². The topological polar surface area (TPSA) is 58.7 Å². The molecule has 0 atom stereocenters. The molecule has 0 saturated heterocycles. The molecule has 3 rings (SSSR count). The summed E-state index contributed by atoms with van der Waals surface area (Å²) in [5.74, 6) is 0.287. The SMILES string of the molecule is Cn1c(SCC#N)nc2scc(-c3cccs3)c2c1=O. The smallest absolute Gasteiger partial charge is 0.263 e. The maximum atomic E-state index is 12.5. The molecule has 3 aromatic heterocycles. The number of nitriles is 1. The summed E-state index contributed by atoms with van der Waals surface area (Å²) in [7, 11) is 1.70. The maximum Gasteiger partial charge on any atom is 0.263 e. The minimum Gasteiger partial charge on any atom is -0.290 e. The minimum absolute atomic E-state index is 0.0555. The molecule has 0 radical (unpaired) electrons. The van der Waals surface area contributed by atoms with Crippen molar-refractivity contribution in [2.75, 3.05) is 5.75 Å². The van der Waals surface area contributed by atoms with Crippen LogP contribution < -0.4 is 5.56 Å². The fraction of sp³-hybridized carbons (Fsp3) is 0.154. The van der Waals surface area contributed by atoms with Crippen molar-refractivity contribution in [1.82, 2.24) is 9.55 Å². The Kier molecular flexibility index (Phi) is 3.61. The first-order valence-corrected chi connectivity index (χ1v) is 8.48. The highest BCUT2D eigenvalue weighted by atomic mass is 32.2. The molecule has 7 heteroatoms. The Hall–Kier alpha value is -1.62. The van der Waals surface area contributed by atoms with Crippen molar-refractivity contribution >= 4 is 44.7 Å². The molecule has 0 unspecified atom stereocenters. The van der Waals surface area contributed by atoms with Gasteiger partial charge < -0.3 is 0 Å². The van der Waals surface area contributed by atoms with Crippen LogP contribution in [0.2, 0.25) is 0 Å². The lowest BCUT2D eigenvalue weighted by molar-refractivity contribution is 0.729. The number of rotatable bonds is 3. The standard InChI is InChI=1S/C13H9N3OS3/c1-16-12(17)10-8(9-3-2-5-18-9)7-20-11(10)15-13(16)19-6-4-14/h2-3,5,7H,6H2,1H3. The number of aromatic nitrogens is 2. The Morgan fingerprint density at radius 1 is 1.50 bits per heavy atom. The van der Waals surface area contributed by atoms with E-state index in [1.165, 1.54) is 27.7 Å². The van der Waals surface area contributed by atoms with Gasteiger partial charge in [0.2, 0.25) is 0 Å². The van der Waals surface area contributed by atoms with Gasteiger partial charge in [-0.25, -0.2) is 4.98 Å². The fourth-order valence-electron chi connectivity index (χ4n) is 1.89. The number of fused-ring (bicyclic) bond motifs is 1. The van der Waals surface area contributed by atoms with Gasteiger partial charge in [0, 0.05) is 22.9 Å². The molecule has 0 aliphatic carbocycles. The maximum absolute atomic E-state index is 12.5. The number of thiophene rings is 2. The summed E-state index contributed by atoms with van der Waals surface area (Å²) < 4.78 is 1.52. The van der Waals surface area contributed by atoms with Crippen molar-refractivity contribution in [3.8, 4) is 16.5 Å². The molecule has 0 aliphatic rings. The molecule has 0 fully saturated rings. The van der Waals surface area contributed by atoms with E-state index in [1.807, 2.05) is 22.9 Å². The Labute approximate surface area is 127 Å². The number of thioether (sulfide) groups is 1. The molecule has 0 spiro atoms. The van der Waals surface area contributed by atoms with Crippen LogP contribution in [0.5, 0.6) is 0 Å². The Morgan fingerprint density at radius 2 is 2.35 bits per heavy atom. The molecule has 0 aromatic carbocycles. The second-order valence-corrected chi connectivity index (χ2v) is 6.76. The molecule has 0 saturated carbocycles. The third kappa shape index (κ3) is 2.16. The lowest BCUT2D eigenvalue weighted by Crippen LogP contribution is -2.19. The zero-order chi connectivity index (χ0) is 14.1. The number of hydrogen-bond donors (Lipinski definition) is 0. The molecule has 0 amide bonds. The average Bonchev–Trinajstić information content (AvgIpc) is 3.09. The van der Waals surface area contributed by atoms with Crippen molar-refractivity contribution in [1.29, 1.82) is 5.26 Å². The largest absolute Gasteiger partial charge is 0.290 e. The molecule has 4 nitrogen and oxygen atoms in total. The quantitative estimate of drug-likeness (QED) is 0.549. The van der Waals surface area contributed by atoms with E-state index >= 15 is 0 Å². The van der Waals surface area contributed by atoms with Gasteiger partial charge in [0.05, 0.1) is 17.2 Å². The van der Waals surface area contributed by atoms with Crippen LogP contribution in [0, 0.1) is 11.3 Å². The average molecular weight is 319 g/mol. The van der Waals surface area contributed by atoms with Crippen LogP contribution in [0.25, 0.3) is 20.7 Å². The summed E-state index contributed by atoms with van der Waals surface area (Å²) in [4.78, 5) is 18.8. The zero-order valence-corrected chi connectivity index (χ0v) is 12.9. The van der Waals surface area contributed by atoms with Crippen LogP contribution in [0.4, 0.5) is 0 Å². The van der Waals surface area contributed by atoms with Gasteiger partial charge in [0.25, 0.3) is 5.56 Å². The molecule has 0 aliphatic heterocycles. The highest BCUT2D eigenvalue weighted by Gasteiger charge is 2.15. The Balaban J connectivity index is 2.23. The molecule has 100 valence electrons. The van der Waals surface area contributed by atoms with E-state index in [-0.39, 0.29) is 11.3 Å². The number of hydrogen-bond acceptors (Lipinski definition) is 6. The van der Waals surface area contributed by atoms with Crippen LogP contribution in [0.15, 0.2) is 32.8 Å². The molecule has 20 heavy (non-hydrogen) atoms. The molecule has 0 bridgehead atoms. The Bertz CT molecular complexity index is 855. The van der Waals surface area contributed by atoms with Crippen molar-refractivity contribution in [2.45, 2.75) is 5.16 Å². The van der Waals surface area contributed by atoms with Crippen LogP contribution in [-0.4, -0.2) is 15.3 Å². The van der Waals surface area contributed by atoms with Gasteiger partial charge in [0.15, 0.2) is 5.16 Å². The fourth-order valence-corrected chi connectivity index (χ4v) is 4.33. The molecular weight excluding hydrogens is 310 g/mol. The summed E-state index contributed by atoms with van der Waals surface area (Å²) in [5.41, 5.74) is 0.894. The predicted octanol–water partition coefficient (Wildman–Crippen LogP) is 3.34. The normalized spacial score (nSPS) is 10.8. The predicted molar refractivity (Wildman–Crippen MR) is 84.5 cm³/mol. The molecule has 3 aromatic rings. The monoisotopic (exact) mass is 319 g/mol. The van der Waals surface area contributed by atoms with E-state index in [4.69, 9.17) is 5.26 Å². The van der Waals surface area contributed by atoms with Crippen molar-refractivity contribution in [3.63, 3.8) is 0 Å². The first kappa shape index (κ1) is 13.4. The van der Waals surface area contributed by atoms with Crippen LogP contribution >= 0.6 is 34.4 Å². The van der Waals surface area contributed by atoms with Gasteiger partial charge in [-0.05, 0) is 11.4 Å². The lowest BCUT2D eigenvalue weighted by atomic mass is 10.2. The lowest BCUT2D eigenvalue weighted by Gasteiger charge is -2.05. The van der Waals surface area contributed by atoms with Gasteiger partial charge in [-0.2, -0.15) is 5.26 Å². The van der Waals surface area contributed by atoms with Crippen LogP contribution in [-0.2, 0) is 7.05 Å². The second-order valence-electron chi connectivity index (χ2n) is 4.01. The molecular formula is C13H9N3OS3. The van der Waals surface area contributed by atoms with Crippen molar-refractivity contribution in [2.24, 2.45) is 7.05 Å². The first-order chi connectivity index (χ1) is 9.72. The number of nitrogens with zero attached hydrogens (tertiary/aromatic N) is 3. The van der Waals surface area contributed by atoms with E-state index in [9.17, 15) is 4.79 Å². The van der Waals surface area contributed by atoms with E-state index in [1.54, 1.807) is 18.4 Å². The van der Waals surface area contributed by atoms with Gasteiger partial charge >= 0.3 is 0 Å². The van der Waals surface area contributed by atoms with E-state index < -0.39 is 0 Å². The summed E-state index contributed by atoms with van der Waals surface area (Å²) >= 11 is 4.36. The second kappa shape index (κ2) is 5.40. The van der Waals surface area contributed by atoms with Crippen LogP contribution in [0.1, 0.15) is 0 Å². The minimum atomic E-state index is -0.0555. The summed E-state index contributed by atoms with van der Waals surface area (Å²) in [6, 6.07) is 6.03. The zero-order valence-electron chi connectivity index (χ0n) is 10.5. The van der Waals surface area contributed by atoms with Gasteiger partial charge in [-0.1, -0.05) is 17.8 Å². The highest BCUT2D eigenvalue weighted by molar-refractivity contribution is 7.99. The third-order valence-electron chi connectivity index (χ3n) is 2.83. The van der Waals surface area contributed by atoms with Gasteiger partial charge in [-0.15, -0.1) is 22.7 Å². The van der Waals surface area contributed by atoms with Gasteiger partial charge in [-0.3, -0.25) is 9.36 Å².